The summed E-state index contributed by atoms with van der Waals surface area (Å²) in [5.41, 5.74) is 5.68. The Labute approximate surface area is 107 Å². The first-order valence-corrected chi connectivity index (χ1v) is 7.21. The molecule has 6 heteroatoms. The molecule has 0 unspecified atom stereocenters. The highest BCUT2D eigenvalue weighted by molar-refractivity contribution is 7.98. The van der Waals surface area contributed by atoms with Gasteiger partial charge in [0.25, 0.3) is 0 Å². The van der Waals surface area contributed by atoms with Crippen LogP contribution < -0.4 is 11.1 Å². The van der Waals surface area contributed by atoms with Crippen LogP contribution in [0.4, 0.5) is 0 Å². The number of carboxylic acid groups (broad SMARTS) is 1. The smallest absolute Gasteiger partial charge is 0.303 e. The van der Waals surface area contributed by atoms with Crippen LogP contribution in [-0.2, 0) is 9.59 Å². The molecule has 0 saturated carbocycles. The molecule has 0 spiro atoms. The van der Waals surface area contributed by atoms with Gasteiger partial charge < -0.3 is 16.2 Å². The van der Waals surface area contributed by atoms with Gasteiger partial charge in [-0.3, -0.25) is 9.59 Å². The lowest BCUT2D eigenvalue weighted by molar-refractivity contribution is -0.137. The van der Waals surface area contributed by atoms with Crippen LogP contribution in [0.15, 0.2) is 0 Å². The maximum atomic E-state index is 11.5. The fourth-order valence-electron chi connectivity index (χ4n) is 1.30. The topological polar surface area (TPSA) is 92.4 Å². The van der Waals surface area contributed by atoms with Crippen molar-refractivity contribution in [1.29, 1.82) is 0 Å². The number of carboxylic acids is 1. The van der Waals surface area contributed by atoms with E-state index < -0.39 is 12.0 Å². The number of thioether (sulfide) groups is 1. The van der Waals surface area contributed by atoms with E-state index in [-0.39, 0.29) is 12.3 Å². The van der Waals surface area contributed by atoms with E-state index in [0.717, 1.165) is 18.6 Å². The fraction of sp³-hybridized carbons (Fsp3) is 0.818. The highest BCUT2D eigenvalue weighted by Crippen LogP contribution is 2.00. The van der Waals surface area contributed by atoms with Crippen molar-refractivity contribution in [3.05, 3.63) is 0 Å². The Kier molecular flexibility index (Phi) is 9.95. The number of nitrogens with one attached hydrogen (secondary N) is 1. The van der Waals surface area contributed by atoms with Crippen molar-refractivity contribution in [2.24, 2.45) is 5.73 Å². The van der Waals surface area contributed by atoms with E-state index >= 15 is 0 Å². The van der Waals surface area contributed by atoms with Crippen molar-refractivity contribution < 1.29 is 14.7 Å². The lowest BCUT2D eigenvalue weighted by Crippen LogP contribution is -2.41. The summed E-state index contributed by atoms with van der Waals surface area (Å²) in [7, 11) is 0. The molecule has 0 aromatic heterocycles. The maximum absolute atomic E-state index is 11.5. The molecule has 0 bridgehead atoms. The summed E-state index contributed by atoms with van der Waals surface area (Å²) in [5.74, 6) is -0.00174. The standard InChI is InChI=1S/C11H22N2O3S/c1-17-8-6-9(12)11(16)13-7-4-2-3-5-10(14)15/h9H,2-8,12H2,1H3,(H,13,16)(H,14,15)/t9-/m0/s1. The van der Waals surface area contributed by atoms with Gasteiger partial charge in [0.15, 0.2) is 0 Å². The lowest BCUT2D eigenvalue weighted by atomic mass is 10.2. The molecule has 0 rings (SSSR count). The zero-order valence-corrected chi connectivity index (χ0v) is 11.1. The van der Waals surface area contributed by atoms with Gasteiger partial charge in [0.05, 0.1) is 6.04 Å². The molecule has 4 N–H and O–H groups in total. The molecule has 0 fully saturated rings. The lowest BCUT2D eigenvalue weighted by Gasteiger charge is -2.11. The minimum absolute atomic E-state index is 0.114. The van der Waals surface area contributed by atoms with Crippen molar-refractivity contribution in [3.63, 3.8) is 0 Å². The van der Waals surface area contributed by atoms with Crippen LogP contribution in [-0.4, -0.2) is 41.6 Å². The number of nitrogens with two attached hydrogens (primary N) is 1. The zero-order valence-electron chi connectivity index (χ0n) is 10.3. The molecule has 0 aromatic rings. The van der Waals surface area contributed by atoms with Gasteiger partial charge in [-0.1, -0.05) is 6.42 Å². The maximum Gasteiger partial charge on any atom is 0.303 e. The Balaban J connectivity index is 3.41. The second kappa shape index (κ2) is 10.4. The first kappa shape index (κ1) is 16.2. The van der Waals surface area contributed by atoms with E-state index in [0.29, 0.717) is 19.4 Å². The van der Waals surface area contributed by atoms with Crippen LogP contribution in [0, 0.1) is 0 Å². The summed E-state index contributed by atoms with van der Waals surface area (Å²) in [4.78, 5) is 21.7. The van der Waals surface area contributed by atoms with E-state index in [4.69, 9.17) is 10.8 Å². The Hall–Kier alpha value is -0.750. The number of carbonyl (C=O) groups is 2. The summed E-state index contributed by atoms with van der Waals surface area (Å²) in [6.45, 7) is 0.575. The average molecular weight is 262 g/mol. The van der Waals surface area contributed by atoms with E-state index in [1.807, 2.05) is 6.26 Å². The molecule has 5 nitrogen and oxygen atoms in total. The van der Waals surface area contributed by atoms with Gasteiger partial charge in [0.2, 0.25) is 5.91 Å². The van der Waals surface area contributed by atoms with Crippen LogP contribution in [0.2, 0.25) is 0 Å². The van der Waals surface area contributed by atoms with E-state index in [9.17, 15) is 9.59 Å². The first-order valence-electron chi connectivity index (χ1n) is 5.82. The number of unbranched alkanes of at least 4 members (excludes halogenated alkanes) is 2. The summed E-state index contributed by atoms with van der Waals surface area (Å²) in [6.07, 6.45) is 5.13. The van der Waals surface area contributed by atoms with Crippen LogP contribution >= 0.6 is 11.8 Å². The predicted octanol–water partition coefficient (Wildman–Crippen LogP) is 0.828. The fourth-order valence-corrected chi connectivity index (χ4v) is 1.79. The summed E-state index contributed by atoms with van der Waals surface area (Å²) in [5, 5.41) is 11.2. The van der Waals surface area contributed by atoms with Crippen LogP contribution in [0.25, 0.3) is 0 Å². The van der Waals surface area contributed by atoms with Crippen molar-refractivity contribution >= 4 is 23.6 Å². The predicted molar refractivity (Wildman–Crippen MR) is 70.1 cm³/mol. The van der Waals surface area contributed by atoms with E-state index in [2.05, 4.69) is 5.32 Å². The van der Waals surface area contributed by atoms with Gasteiger partial charge in [-0.15, -0.1) is 0 Å². The van der Waals surface area contributed by atoms with Crippen molar-refractivity contribution in [1.82, 2.24) is 5.32 Å². The third-order valence-corrected chi connectivity index (χ3v) is 2.98. The molecule has 0 aliphatic rings. The molecule has 0 aliphatic carbocycles. The van der Waals surface area contributed by atoms with Crippen molar-refractivity contribution in [2.75, 3.05) is 18.6 Å². The van der Waals surface area contributed by atoms with E-state index in [1.165, 1.54) is 0 Å². The Morgan fingerprint density at radius 2 is 2.06 bits per heavy atom. The number of amides is 1. The Morgan fingerprint density at radius 3 is 2.65 bits per heavy atom. The number of hydrogen-bond acceptors (Lipinski definition) is 4. The molecule has 0 aliphatic heterocycles. The molecule has 100 valence electrons. The quantitative estimate of drug-likeness (QED) is 0.507. The molecule has 0 saturated heterocycles. The molecule has 0 heterocycles. The van der Waals surface area contributed by atoms with Gasteiger partial charge in [0.1, 0.15) is 0 Å². The van der Waals surface area contributed by atoms with Gasteiger partial charge >= 0.3 is 5.97 Å². The highest BCUT2D eigenvalue weighted by Gasteiger charge is 2.11. The minimum Gasteiger partial charge on any atom is -0.481 e. The van der Waals surface area contributed by atoms with Crippen LogP contribution in [0.1, 0.15) is 32.1 Å². The van der Waals surface area contributed by atoms with Crippen molar-refractivity contribution in [2.45, 2.75) is 38.1 Å². The average Bonchev–Trinajstić information content (AvgIpc) is 2.29. The Morgan fingerprint density at radius 1 is 1.35 bits per heavy atom. The molecule has 1 atom stereocenters. The summed E-state index contributed by atoms with van der Waals surface area (Å²) >= 11 is 1.67. The van der Waals surface area contributed by atoms with Gasteiger partial charge in [-0.25, -0.2) is 0 Å². The molecule has 0 aromatic carbocycles. The summed E-state index contributed by atoms with van der Waals surface area (Å²) < 4.78 is 0. The SMILES string of the molecule is CSCC[C@H](N)C(=O)NCCCCCC(=O)O. The zero-order chi connectivity index (χ0) is 13.1. The van der Waals surface area contributed by atoms with Crippen molar-refractivity contribution in [3.8, 4) is 0 Å². The largest absolute Gasteiger partial charge is 0.481 e. The monoisotopic (exact) mass is 262 g/mol. The second-order valence-corrected chi connectivity index (χ2v) is 4.87. The van der Waals surface area contributed by atoms with Gasteiger partial charge in [0, 0.05) is 13.0 Å². The number of rotatable bonds is 10. The van der Waals surface area contributed by atoms with Crippen LogP contribution in [0.3, 0.4) is 0 Å². The minimum atomic E-state index is -0.770. The highest BCUT2D eigenvalue weighted by atomic mass is 32.2. The first-order chi connectivity index (χ1) is 8.07. The van der Waals surface area contributed by atoms with Crippen LogP contribution in [0.5, 0.6) is 0 Å². The van der Waals surface area contributed by atoms with Gasteiger partial charge in [-0.2, -0.15) is 11.8 Å². The third-order valence-electron chi connectivity index (χ3n) is 2.34. The number of aliphatic carboxylic acids is 1. The molecular formula is C11H22N2O3S. The molecular weight excluding hydrogens is 240 g/mol. The second-order valence-electron chi connectivity index (χ2n) is 3.88. The molecule has 17 heavy (non-hydrogen) atoms. The molecule has 0 radical (unpaired) electrons. The van der Waals surface area contributed by atoms with Gasteiger partial charge in [-0.05, 0) is 31.3 Å². The van der Waals surface area contributed by atoms with E-state index in [1.54, 1.807) is 11.8 Å². The number of hydrogen-bond donors (Lipinski definition) is 3. The number of carbonyl (C=O) groups excluding carboxylic acids is 1. The third kappa shape index (κ3) is 10.1. The summed E-state index contributed by atoms with van der Waals surface area (Å²) in [6, 6.07) is -0.429. The normalized spacial score (nSPS) is 12.1. The molecule has 1 amide bonds. The Bertz CT molecular complexity index is 237.